The fourth-order valence-electron chi connectivity index (χ4n) is 4.46. The first-order chi connectivity index (χ1) is 14.3. The van der Waals surface area contributed by atoms with Crippen LogP contribution < -0.4 is 0 Å². The summed E-state index contributed by atoms with van der Waals surface area (Å²) >= 11 is 0. The van der Waals surface area contributed by atoms with E-state index < -0.39 is 0 Å². The molecular formula is C28H38O. The van der Waals surface area contributed by atoms with Gasteiger partial charge in [0.25, 0.3) is 0 Å². The lowest BCUT2D eigenvalue weighted by Crippen LogP contribution is -2.13. The Morgan fingerprint density at radius 1 is 0.897 bits per heavy atom. The molecule has 3 rings (SSSR count). The van der Waals surface area contributed by atoms with Crippen LogP contribution in [0, 0.1) is 5.92 Å². The van der Waals surface area contributed by atoms with Crippen LogP contribution in [-0.2, 0) is 11.3 Å². The summed E-state index contributed by atoms with van der Waals surface area (Å²) in [5.41, 5.74) is 5.39. The minimum atomic E-state index is 0.719. The summed E-state index contributed by atoms with van der Waals surface area (Å²) in [5, 5.41) is 0. The predicted molar refractivity (Wildman–Crippen MR) is 125 cm³/mol. The lowest BCUT2D eigenvalue weighted by Gasteiger charge is -2.28. The highest BCUT2D eigenvalue weighted by Gasteiger charge is 2.21. The average molecular weight is 391 g/mol. The minimum absolute atomic E-state index is 0.719. The summed E-state index contributed by atoms with van der Waals surface area (Å²) in [4.78, 5) is 0. The Morgan fingerprint density at radius 2 is 1.55 bits per heavy atom. The summed E-state index contributed by atoms with van der Waals surface area (Å²) in [7, 11) is 0. The van der Waals surface area contributed by atoms with E-state index in [4.69, 9.17) is 4.74 Å². The fraction of sp³-hybridized carbons (Fsp3) is 0.500. The molecule has 2 aromatic rings. The SMILES string of the molecule is CC=CCC[C@H]1CC[C@H](c2ccc(-c3ccc(COCCCC)cc3)cc2)CC1. The highest BCUT2D eigenvalue weighted by Crippen LogP contribution is 2.38. The van der Waals surface area contributed by atoms with Gasteiger partial charge >= 0.3 is 0 Å². The summed E-state index contributed by atoms with van der Waals surface area (Å²) in [6.45, 7) is 5.90. The van der Waals surface area contributed by atoms with Gasteiger partial charge in [-0.2, -0.15) is 0 Å². The van der Waals surface area contributed by atoms with Gasteiger partial charge in [0, 0.05) is 6.61 Å². The molecule has 0 N–H and O–H groups in total. The van der Waals surface area contributed by atoms with Gasteiger partial charge in [-0.15, -0.1) is 0 Å². The molecule has 1 saturated carbocycles. The normalized spacial score (nSPS) is 19.7. The topological polar surface area (TPSA) is 9.23 Å². The molecule has 1 aliphatic rings. The second-order valence-corrected chi connectivity index (χ2v) is 8.59. The molecular weight excluding hydrogens is 352 g/mol. The molecule has 156 valence electrons. The van der Waals surface area contributed by atoms with Crippen LogP contribution in [0.25, 0.3) is 11.1 Å². The number of allylic oxidation sites excluding steroid dienone is 2. The molecule has 1 fully saturated rings. The van der Waals surface area contributed by atoms with Crippen molar-refractivity contribution in [2.75, 3.05) is 6.61 Å². The van der Waals surface area contributed by atoms with Crippen molar-refractivity contribution < 1.29 is 4.74 Å². The number of benzene rings is 2. The summed E-state index contributed by atoms with van der Waals surface area (Å²) in [6, 6.07) is 18.2. The van der Waals surface area contributed by atoms with E-state index in [1.807, 2.05) is 0 Å². The zero-order valence-electron chi connectivity index (χ0n) is 18.4. The molecule has 0 saturated heterocycles. The van der Waals surface area contributed by atoms with Crippen LogP contribution in [0.3, 0.4) is 0 Å². The fourth-order valence-corrected chi connectivity index (χ4v) is 4.46. The highest BCUT2D eigenvalue weighted by atomic mass is 16.5. The van der Waals surface area contributed by atoms with Crippen molar-refractivity contribution in [3.05, 3.63) is 71.8 Å². The van der Waals surface area contributed by atoms with Crippen molar-refractivity contribution >= 4 is 0 Å². The smallest absolute Gasteiger partial charge is 0.0716 e. The molecule has 0 amide bonds. The second-order valence-electron chi connectivity index (χ2n) is 8.59. The number of ether oxygens (including phenoxy) is 1. The summed E-state index contributed by atoms with van der Waals surface area (Å²) < 4.78 is 5.72. The zero-order chi connectivity index (χ0) is 20.3. The van der Waals surface area contributed by atoms with Crippen molar-refractivity contribution in [1.82, 2.24) is 0 Å². The third-order valence-electron chi connectivity index (χ3n) is 6.40. The molecule has 0 heterocycles. The molecule has 1 heteroatoms. The lowest BCUT2D eigenvalue weighted by molar-refractivity contribution is 0.118. The van der Waals surface area contributed by atoms with E-state index in [-0.39, 0.29) is 0 Å². The van der Waals surface area contributed by atoms with Crippen LogP contribution in [0.2, 0.25) is 0 Å². The van der Waals surface area contributed by atoms with Crippen molar-refractivity contribution in [3.63, 3.8) is 0 Å². The van der Waals surface area contributed by atoms with Gasteiger partial charge in [-0.3, -0.25) is 0 Å². The first kappa shape index (κ1) is 21.8. The van der Waals surface area contributed by atoms with Crippen LogP contribution in [0.15, 0.2) is 60.7 Å². The monoisotopic (exact) mass is 390 g/mol. The molecule has 2 aromatic carbocycles. The van der Waals surface area contributed by atoms with E-state index in [9.17, 15) is 0 Å². The van der Waals surface area contributed by atoms with Gasteiger partial charge in [-0.05, 0) is 86.0 Å². The largest absolute Gasteiger partial charge is 0.377 e. The molecule has 0 atom stereocenters. The quantitative estimate of drug-likeness (QED) is 0.293. The molecule has 1 nitrogen and oxygen atoms in total. The Morgan fingerprint density at radius 3 is 2.17 bits per heavy atom. The summed E-state index contributed by atoms with van der Waals surface area (Å²) in [5.74, 6) is 1.69. The molecule has 0 unspecified atom stereocenters. The van der Waals surface area contributed by atoms with Crippen LogP contribution in [0.4, 0.5) is 0 Å². The third-order valence-corrected chi connectivity index (χ3v) is 6.40. The van der Waals surface area contributed by atoms with Gasteiger partial charge in [0.1, 0.15) is 0 Å². The van der Waals surface area contributed by atoms with Crippen LogP contribution in [0.5, 0.6) is 0 Å². The van der Waals surface area contributed by atoms with Gasteiger partial charge in [0.15, 0.2) is 0 Å². The number of rotatable bonds is 10. The van der Waals surface area contributed by atoms with Crippen LogP contribution >= 0.6 is 0 Å². The maximum atomic E-state index is 5.72. The molecule has 1 aliphatic carbocycles. The Balaban J connectivity index is 1.50. The third kappa shape index (κ3) is 6.85. The molecule has 0 spiro atoms. The van der Waals surface area contributed by atoms with Gasteiger partial charge < -0.3 is 4.74 Å². The standard InChI is InChI=1S/C28H38O/c1-3-5-7-8-23-9-13-25(14-10-23)27-17-19-28(20-18-27)26-15-11-24(12-16-26)22-29-21-6-4-2/h3,5,11-12,15-20,23,25H,4,6-10,13-14,21-22H2,1-2H3/t23-,25-. The lowest BCUT2D eigenvalue weighted by atomic mass is 9.77. The first-order valence-electron chi connectivity index (χ1n) is 11.7. The predicted octanol–water partition coefficient (Wildman–Crippen LogP) is 8.30. The maximum Gasteiger partial charge on any atom is 0.0716 e. The number of hydrogen-bond acceptors (Lipinski definition) is 1. The zero-order valence-corrected chi connectivity index (χ0v) is 18.4. The van der Waals surface area contributed by atoms with E-state index in [2.05, 4.69) is 74.5 Å². The van der Waals surface area contributed by atoms with Gasteiger partial charge in [0.2, 0.25) is 0 Å². The number of unbranched alkanes of at least 4 members (excludes halogenated alkanes) is 1. The maximum absolute atomic E-state index is 5.72. The van der Waals surface area contributed by atoms with Crippen molar-refractivity contribution in [3.8, 4) is 11.1 Å². The van der Waals surface area contributed by atoms with Crippen LogP contribution in [-0.4, -0.2) is 6.61 Å². The van der Waals surface area contributed by atoms with Crippen molar-refractivity contribution in [2.24, 2.45) is 5.92 Å². The van der Waals surface area contributed by atoms with Gasteiger partial charge in [-0.1, -0.05) is 74.0 Å². The number of hydrogen-bond donors (Lipinski definition) is 0. The van der Waals surface area contributed by atoms with E-state index in [1.165, 1.54) is 67.2 Å². The average Bonchev–Trinajstić information content (AvgIpc) is 2.78. The Hall–Kier alpha value is -1.86. The van der Waals surface area contributed by atoms with E-state index >= 15 is 0 Å². The van der Waals surface area contributed by atoms with Crippen molar-refractivity contribution in [2.45, 2.75) is 77.7 Å². The Bertz CT molecular complexity index is 718. The molecule has 0 aromatic heterocycles. The highest BCUT2D eigenvalue weighted by molar-refractivity contribution is 5.64. The van der Waals surface area contributed by atoms with Crippen LogP contribution in [0.1, 0.15) is 82.3 Å². The minimum Gasteiger partial charge on any atom is -0.377 e. The van der Waals surface area contributed by atoms with Gasteiger partial charge in [-0.25, -0.2) is 0 Å². The van der Waals surface area contributed by atoms with Gasteiger partial charge in [0.05, 0.1) is 6.61 Å². The molecule has 29 heavy (non-hydrogen) atoms. The van der Waals surface area contributed by atoms with E-state index in [0.717, 1.165) is 31.5 Å². The molecule has 0 radical (unpaired) electrons. The van der Waals surface area contributed by atoms with E-state index in [1.54, 1.807) is 0 Å². The van der Waals surface area contributed by atoms with Crippen molar-refractivity contribution in [1.29, 1.82) is 0 Å². The Labute approximate surface area is 178 Å². The van der Waals surface area contributed by atoms with E-state index in [0.29, 0.717) is 0 Å². The summed E-state index contributed by atoms with van der Waals surface area (Å²) in [6.07, 6.45) is 14.9. The second kappa shape index (κ2) is 12.0. The molecule has 0 aliphatic heterocycles. The Kier molecular flexibility index (Phi) is 9.02. The molecule has 0 bridgehead atoms. The first-order valence-corrected chi connectivity index (χ1v) is 11.7.